The second-order valence-electron chi connectivity index (χ2n) is 4.30. The highest BCUT2D eigenvalue weighted by Crippen LogP contribution is 2.48. The third-order valence-electron chi connectivity index (χ3n) is 2.15. The summed E-state index contributed by atoms with van der Waals surface area (Å²) in [5, 5.41) is 11.2. The fraction of sp³-hybridized carbons (Fsp3) is 0.818. The van der Waals surface area contributed by atoms with Crippen LogP contribution < -0.4 is 5.32 Å². The third kappa shape index (κ3) is 6.18. The Balaban J connectivity index is 4.85. The van der Waals surface area contributed by atoms with Gasteiger partial charge in [0, 0.05) is 0 Å². The molecule has 7 nitrogen and oxygen atoms in total. The van der Waals surface area contributed by atoms with Crippen LogP contribution in [0.3, 0.4) is 0 Å². The van der Waals surface area contributed by atoms with Gasteiger partial charge in [0.25, 0.3) is 0 Å². The molecule has 0 rings (SSSR count). The van der Waals surface area contributed by atoms with Crippen LogP contribution in [-0.4, -0.2) is 36.0 Å². The minimum absolute atomic E-state index is 0.0343. The molecule has 0 aromatic heterocycles. The number of hydrogen-bond acceptors (Lipinski definition) is 5. The molecule has 0 fully saturated rings. The van der Waals surface area contributed by atoms with Crippen LogP contribution in [0.2, 0.25) is 0 Å². The van der Waals surface area contributed by atoms with Gasteiger partial charge in [-0.05, 0) is 26.2 Å². The Morgan fingerprint density at radius 3 is 2.00 bits per heavy atom. The van der Waals surface area contributed by atoms with E-state index >= 15 is 0 Å². The monoisotopic (exact) mass is 295 g/mol. The van der Waals surface area contributed by atoms with Crippen LogP contribution in [0.25, 0.3) is 0 Å². The van der Waals surface area contributed by atoms with E-state index in [1.54, 1.807) is 13.8 Å². The van der Waals surface area contributed by atoms with E-state index in [2.05, 4.69) is 5.32 Å². The summed E-state index contributed by atoms with van der Waals surface area (Å²) in [7, 11) is -3.96. The van der Waals surface area contributed by atoms with Gasteiger partial charge in [0.05, 0.1) is 13.2 Å². The number of nitrogens with one attached hydrogen (secondary N) is 1. The first kappa shape index (κ1) is 18.1. The van der Waals surface area contributed by atoms with Crippen molar-refractivity contribution >= 4 is 19.2 Å². The Hall–Kier alpha value is -0.910. The Morgan fingerprint density at radius 1 is 1.21 bits per heavy atom. The van der Waals surface area contributed by atoms with E-state index in [4.69, 9.17) is 14.2 Å². The van der Waals surface area contributed by atoms with Crippen molar-refractivity contribution in [3.8, 4) is 0 Å². The van der Waals surface area contributed by atoms with Gasteiger partial charge in [-0.1, -0.05) is 13.8 Å². The van der Waals surface area contributed by atoms with Crippen LogP contribution in [0, 0.1) is 5.92 Å². The molecular formula is C11H22NO6P. The van der Waals surface area contributed by atoms with Crippen molar-refractivity contribution in [2.75, 3.05) is 13.2 Å². The number of carbonyl (C=O) groups excluding carboxylic acids is 1. The molecule has 0 saturated carbocycles. The molecule has 8 heteroatoms. The van der Waals surface area contributed by atoms with Gasteiger partial charge in [-0.15, -0.1) is 0 Å². The van der Waals surface area contributed by atoms with Crippen molar-refractivity contribution in [2.45, 2.75) is 40.2 Å². The molecule has 0 aliphatic carbocycles. The van der Waals surface area contributed by atoms with Gasteiger partial charge in [0.15, 0.2) is 0 Å². The minimum Gasteiger partial charge on any atom is -0.480 e. The van der Waals surface area contributed by atoms with Gasteiger partial charge >= 0.3 is 19.2 Å². The minimum atomic E-state index is -3.96. The van der Waals surface area contributed by atoms with Crippen LogP contribution >= 0.6 is 7.60 Å². The molecule has 0 aliphatic rings. The van der Waals surface area contributed by atoms with Crippen molar-refractivity contribution in [3.05, 3.63) is 0 Å². The van der Waals surface area contributed by atoms with Crippen molar-refractivity contribution in [3.63, 3.8) is 0 Å². The maximum absolute atomic E-state index is 12.1. The molecule has 0 aromatic carbocycles. The van der Waals surface area contributed by atoms with Gasteiger partial charge in [0.1, 0.15) is 6.04 Å². The van der Waals surface area contributed by atoms with E-state index < -0.39 is 25.3 Å². The normalized spacial score (nSPS) is 13.3. The SMILES string of the molecule is CCOP(=O)(OCC)C(=O)N[C@@H](CC(C)C)C(=O)O. The number of rotatable bonds is 9. The summed E-state index contributed by atoms with van der Waals surface area (Å²) >= 11 is 0. The number of hydrogen-bond donors (Lipinski definition) is 2. The van der Waals surface area contributed by atoms with E-state index in [1.165, 1.54) is 0 Å². The first-order valence-corrected chi connectivity index (χ1v) is 7.74. The maximum atomic E-state index is 12.1. The van der Waals surface area contributed by atoms with Gasteiger partial charge in [-0.3, -0.25) is 4.79 Å². The zero-order chi connectivity index (χ0) is 15.1. The number of amides is 1. The Bertz CT molecular complexity index is 347. The lowest BCUT2D eigenvalue weighted by Gasteiger charge is -2.20. The smallest absolute Gasteiger partial charge is 0.418 e. The van der Waals surface area contributed by atoms with Crippen LogP contribution in [0.4, 0.5) is 4.79 Å². The molecule has 0 saturated heterocycles. The van der Waals surface area contributed by atoms with Crippen LogP contribution in [-0.2, 0) is 18.4 Å². The molecule has 2 N–H and O–H groups in total. The summed E-state index contributed by atoms with van der Waals surface area (Å²) in [4.78, 5) is 22.9. The molecule has 0 bridgehead atoms. The first-order valence-electron chi connectivity index (χ1n) is 6.19. The second kappa shape index (κ2) is 8.30. The number of aliphatic carboxylic acids is 1. The molecule has 0 heterocycles. The largest absolute Gasteiger partial charge is 0.480 e. The second-order valence-corrected chi connectivity index (χ2v) is 6.22. The molecule has 0 aliphatic heterocycles. The number of carboxylic acids is 1. The molecule has 0 unspecified atom stereocenters. The molecular weight excluding hydrogens is 273 g/mol. The lowest BCUT2D eigenvalue weighted by atomic mass is 10.0. The zero-order valence-corrected chi connectivity index (χ0v) is 12.6. The van der Waals surface area contributed by atoms with Crippen molar-refractivity contribution in [2.24, 2.45) is 5.92 Å². The van der Waals surface area contributed by atoms with Crippen molar-refractivity contribution < 1.29 is 28.3 Å². The first-order chi connectivity index (χ1) is 8.76. The molecule has 1 amide bonds. The highest BCUT2D eigenvalue weighted by Gasteiger charge is 2.37. The zero-order valence-electron chi connectivity index (χ0n) is 11.7. The molecule has 0 spiro atoms. The van der Waals surface area contributed by atoms with Gasteiger partial charge in [-0.2, -0.15) is 0 Å². The lowest BCUT2D eigenvalue weighted by Crippen LogP contribution is -2.41. The van der Waals surface area contributed by atoms with Gasteiger partial charge in [-0.25, -0.2) is 9.36 Å². The topological polar surface area (TPSA) is 102 Å². The van der Waals surface area contributed by atoms with Gasteiger partial charge < -0.3 is 19.5 Å². The molecule has 0 aromatic rings. The molecule has 19 heavy (non-hydrogen) atoms. The average Bonchev–Trinajstić information content (AvgIpc) is 2.27. The Morgan fingerprint density at radius 2 is 1.68 bits per heavy atom. The number of carbonyl (C=O) groups is 2. The lowest BCUT2D eigenvalue weighted by molar-refractivity contribution is -0.139. The standard InChI is InChI=1S/C11H22NO6P/c1-5-17-19(16,18-6-2)11(15)12-9(10(13)14)7-8(3)4/h8-9H,5-7H2,1-4H3,(H,12,15)(H,13,14)/t9-/m0/s1. The third-order valence-corrected chi connectivity index (χ3v) is 3.97. The van der Waals surface area contributed by atoms with E-state index in [0.29, 0.717) is 0 Å². The predicted molar refractivity (Wildman–Crippen MR) is 70.3 cm³/mol. The summed E-state index contributed by atoms with van der Waals surface area (Å²) < 4.78 is 21.8. The Kier molecular flexibility index (Phi) is 7.90. The maximum Gasteiger partial charge on any atom is 0.418 e. The highest BCUT2D eigenvalue weighted by atomic mass is 31.2. The molecule has 1 atom stereocenters. The van der Waals surface area contributed by atoms with Crippen molar-refractivity contribution in [1.82, 2.24) is 5.32 Å². The van der Waals surface area contributed by atoms with Crippen LogP contribution in [0.5, 0.6) is 0 Å². The highest BCUT2D eigenvalue weighted by molar-refractivity contribution is 7.71. The van der Waals surface area contributed by atoms with E-state index in [9.17, 15) is 14.2 Å². The summed E-state index contributed by atoms with van der Waals surface area (Å²) in [6, 6.07) is -1.11. The van der Waals surface area contributed by atoms with E-state index in [-0.39, 0.29) is 25.6 Å². The predicted octanol–water partition coefficient (Wildman–Crippen LogP) is 2.46. The van der Waals surface area contributed by atoms with Crippen LogP contribution in [0.15, 0.2) is 0 Å². The summed E-state index contributed by atoms with van der Waals surface area (Å²) in [6.07, 6.45) is 0.235. The number of carboxylic acid groups (broad SMARTS) is 1. The van der Waals surface area contributed by atoms with E-state index in [1.807, 2.05) is 13.8 Å². The van der Waals surface area contributed by atoms with Gasteiger partial charge in [0.2, 0.25) is 0 Å². The average molecular weight is 295 g/mol. The summed E-state index contributed by atoms with van der Waals surface area (Å²) in [5.41, 5.74) is -1.01. The Labute approximate surface area is 113 Å². The quantitative estimate of drug-likeness (QED) is 0.633. The van der Waals surface area contributed by atoms with E-state index in [0.717, 1.165) is 0 Å². The summed E-state index contributed by atoms with van der Waals surface area (Å²) in [6.45, 7) is 6.86. The molecule has 112 valence electrons. The van der Waals surface area contributed by atoms with Crippen molar-refractivity contribution in [1.29, 1.82) is 0 Å². The fourth-order valence-electron chi connectivity index (χ4n) is 1.42. The fourth-order valence-corrected chi connectivity index (χ4v) is 2.72. The molecule has 0 radical (unpaired) electrons. The summed E-state index contributed by atoms with van der Waals surface area (Å²) in [5.74, 6) is -1.11. The van der Waals surface area contributed by atoms with Crippen LogP contribution in [0.1, 0.15) is 34.1 Å².